The van der Waals surface area contributed by atoms with Gasteiger partial charge in [-0.3, -0.25) is 14.5 Å². The molecule has 2 aliphatic rings. The van der Waals surface area contributed by atoms with E-state index in [-0.39, 0.29) is 12.6 Å². The highest BCUT2D eigenvalue weighted by molar-refractivity contribution is 6.44. The van der Waals surface area contributed by atoms with Crippen molar-refractivity contribution in [1.29, 1.82) is 0 Å². The number of rotatable bonds is 4. The van der Waals surface area contributed by atoms with Crippen molar-refractivity contribution >= 4 is 17.8 Å². The van der Waals surface area contributed by atoms with Gasteiger partial charge in [-0.15, -0.1) is 0 Å². The third-order valence-corrected chi connectivity index (χ3v) is 4.62. The van der Waals surface area contributed by atoms with E-state index < -0.39 is 17.8 Å². The molecular weight excluding hydrogens is 322 g/mol. The lowest BCUT2D eigenvalue weighted by Crippen LogP contribution is -2.39. The monoisotopic (exact) mass is 339 g/mol. The van der Waals surface area contributed by atoms with Crippen LogP contribution in [0.3, 0.4) is 0 Å². The van der Waals surface area contributed by atoms with E-state index in [9.17, 15) is 14.4 Å². The van der Waals surface area contributed by atoms with Gasteiger partial charge in [0.15, 0.2) is 0 Å². The summed E-state index contributed by atoms with van der Waals surface area (Å²) in [5, 5.41) is 8.44. The minimum atomic E-state index is -0.786. The molecule has 2 fully saturated rings. The van der Waals surface area contributed by atoms with Gasteiger partial charge >= 0.3 is 17.8 Å². The maximum atomic E-state index is 12.5. The van der Waals surface area contributed by atoms with Gasteiger partial charge in [-0.2, -0.15) is 15.0 Å². The number of hydrogen-bond acceptors (Lipinski definition) is 5. The van der Waals surface area contributed by atoms with Gasteiger partial charge in [0.2, 0.25) is 0 Å². The van der Waals surface area contributed by atoms with Gasteiger partial charge in [-0.25, -0.2) is 9.69 Å². The molecule has 0 unspecified atom stereocenters. The maximum absolute atomic E-state index is 12.5. The lowest BCUT2D eigenvalue weighted by Gasteiger charge is -2.20. The van der Waals surface area contributed by atoms with Crippen LogP contribution >= 0.6 is 0 Å². The molecule has 8 nitrogen and oxygen atoms in total. The summed E-state index contributed by atoms with van der Waals surface area (Å²) in [5.74, 6) is -1.52. The first kappa shape index (κ1) is 15.5. The van der Waals surface area contributed by atoms with Crippen LogP contribution < -0.4 is 0 Å². The molecule has 8 heteroatoms. The number of para-hydroxylation sites is 1. The molecule has 1 saturated heterocycles. The summed E-state index contributed by atoms with van der Waals surface area (Å²) in [6.07, 6.45) is 4.98. The SMILES string of the molecule is O=C1C(=O)N(C2CCCC2)C(=O)N1Cc1cnn(-c2ccccc2)n1. The van der Waals surface area contributed by atoms with Crippen LogP contribution in [0.5, 0.6) is 0 Å². The van der Waals surface area contributed by atoms with Gasteiger partial charge in [0, 0.05) is 6.04 Å². The summed E-state index contributed by atoms with van der Waals surface area (Å²) in [6, 6.07) is 8.61. The Morgan fingerprint density at radius 3 is 2.44 bits per heavy atom. The topological polar surface area (TPSA) is 88.4 Å². The quantitative estimate of drug-likeness (QED) is 0.622. The third-order valence-electron chi connectivity index (χ3n) is 4.62. The molecule has 0 N–H and O–H groups in total. The van der Waals surface area contributed by atoms with Crippen LogP contribution in [0.15, 0.2) is 36.5 Å². The standard InChI is InChI=1S/C17H17N5O3/c23-15-16(24)21(13-6-4-5-7-13)17(25)20(15)11-12-10-18-22(19-12)14-8-2-1-3-9-14/h1-3,8-10,13H,4-7,11H2. The predicted molar refractivity (Wildman–Crippen MR) is 86.4 cm³/mol. The molecule has 0 atom stereocenters. The van der Waals surface area contributed by atoms with E-state index in [1.54, 1.807) is 0 Å². The van der Waals surface area contributed by atoms with E-state index in [1.165, 1.54) is 11.0 Å². The first-order chi connectivity index (χ1) is 12.1. The summed E-state index contributed by atoms with van der Waals surface area (Å²) in [5.41, 5.74) is 1.23. The number of benzene rings is 1. The fourth-order valence-corrected chi connectivity index (χ4v) is 3.36. The molecule has 1 aliphatic heterocycles. The number of nitrogens with zero attached hydrogens (tertiary/aromatic N) is 5. The molecular formula is C17H17N5O3. The van der Waals surface area contributed by atoms with Crippen molar-refractivity contribution in [3.63, 3.8) is 0 Å². The van der Waals surface area contributed by atoms with E-state index in [4.69, 9.17) is 0 Å². The number of aromatic nitrogens is 3. The molecule has 0 radical (unpaired) electrons. The predicted octanol–water partition coefficient (Wildman–Crippen LogP) is 1.50. The second-order valence-corrected chi connectivity index (χ2v) is 6.25. The molecule has 1 aromatic carbocycles. The van der Waals surface area contributed by atoms with Crippen LogP contribution in [0.25, 0.3) is 5.69 Å². The normalized spacial score (nSPS) is 18.6. The van der Waals surface area contributed by atoms with Gasteiger partial charge in [0.05, 0.1) is 18.4 Å². The summed E-state index contributed by atoms with van der Waals surface area (Å²) < 4.78 is 0. The van der Waals surface area contributed by atoms with Crippen molar-refractivity contribution in [2.45, 2.75) is 38.3 Å². The molecule has 25 heavy (non-hydrogen) atoms. The molecule has 2 heterocycles. The van der Waals surface area contributed by atoms with Crippen molar-refractivity contribution in [3.05, 3.63) is 42.2 Å². The molecule has 4 amide bonds. The number of imide groups is 2. The van der Waals surface area contributed by atoms with E-state index in [2.05, 4.69) is 10.2 Å². The second-order valence-electron chi connectivity index (χ2n) is 6.25. The highest BCUT2D eigenvalue weighted by atomic mass is 16.2. The van der Waals surface area contributed by atoms with Crippen molar-refractivity contribution in [1.82, 2.24) is 24.8 Å². The van der Waals surface area contributed by atoms with Crippen LogP contribution in [0.4, 0.5) is 4.79 Å². The zero-order valence-electron chi connectivity index (χ0n) is 13.5. The summed E-state index contributed by atoms with van der Waals surface area (Å²) in [7, 11) is 0. The van der Waals surface area contributed by atoms with Crippen LogP contribution in [0.1, 0.15) is 31.4 Å². The fraction of sp³-hybridized carbons (Fsp3) is 0.353. The number of carbonyl (C=O) groups is 3. The summed E-state index contributed by atoms with van der Waals surface area (Å²) >= 11 is 0. The van der Waals surface area contributed by atoms with E-state index in [0.29, 0.717) is 5.69 Å². The average Bonchev–Trinajstić information content (AvgIpc) is 3.35. The molecule has 0 bridgehead atoms. The van der Waals surface area contributed by atoms with E-state index >= 15 is 0 Å². The lowest BCUT2D eigenvalue weighted by molar-refractivity contribution is -0.144. The third kappa shape index (κ3) is 2.69. The molecule has 1 saturated carbocycles. The van der Waals surface area contributed by atoms with Gasteiger partial charge in [0.25, 0.3) is 0 Å². The number of hydrogen-bond donors (Lipinski definition) is 0. The fourth-order valence-electron chi connectivity index (χ4n) is 3.36. The minimum Gasteiger partial charge on any atom is -0.263 e. The Morgan fingerprint density at radius 2 is 1.72 bits per heavy atom. The Morgan fingerprint density at radius 1 is 1.00 bits per heavy atom. The first-order valence-electron chi connectivity index (χ1n) is 8.31. The minimum absolute atomic E-state index is 0.0561. The van der Waals surface area contributed by atoms with Gasteiger partial charge in [-0.05, 0) is 25.0 Å². The van der Waals surface area contributed by atoms with Gasteiger partial charge in [0.1, 0.15) is 5.69 Å². The Kier molecular flexibility index (Phi) is 3.79. The molecule has 128 valence electrons. The Hall–Kier alpha value is -3.03. The van der Waals surface area contributed by atoms with Crippen LogP contribution in [0.2, 0.25) is 0 Å². The van der Waals surface area contributed by atoms with Crippen molar-refractivity contribution in [3.8, 4) is 5.69 Å². The summed E-state index contributed by atoms with van der Waals surface area (Å²) in [4.78, 5) is 40.5. The lowest BCUT2D eigenvalue weighted by atomic mass is 10.2. The summed E-state index contributed by atoms with van der Waals surface area (Å²) in [6.45, 7) is -0.0561. The first-order valence-corrected chi connectivity index (χ1v) is 8.31. The van der Waals surface area contributed by atoms with E-state index in [0.717, 1.165) is 41.2 Å². The van der Waals surface area contributed by atoms with Crippen molar-refractivity contribution in [2.24, 2.45) is 0 Å². The maximum Gasteiger partial charge on any atom is 0.334 e. The van der Waals surface area contributed by atoms with Gasteiger partial charge < -0.3 is 0 Å². The highest BCUT2D eigenvalue weighted by Gasteiger charge is 2.48. The number of urea groups is 1. The highest BCUT2D eigenvalue weighted by Crippen LogP contribution is 2.28. The molecule has 0 spiro atoms. The second kappa shape index (κ2) is 6.12. The van der Waals surface area contributed by atoms with Gasteiger partial charge in [-0.1, -0.05) is 31.0 Å². The molecule has 1 aliphatic carbocycles. The number of amides is 4. The van der Waals surface area contributed by atoms with Crippen LogP contribution in [-0.4, -0.2) is 48.7 Å². The Labute approximate surface area is 144 Å². The van der Waals surface area contributed by atoms with Crippen LogP contribution in [0, 0.1) is 0 Å². The smallest absolute Gasteiger partial charge is 0.263 e. The average molecular weight is 339 g/mol. The Bertz CT molecular complexity index is 826. The van der Waals surface area contributed by atoms with Crippen molar-refractivity contribution in [2.75, 3.05) is 0 Å². The zero-order chi connectivity index (χ0) is 17.4. The van der Waals surface area contributed by atoms with Crippen molar-refractivity contribution < 1.29 is 14.4 Å². The molecule has 1 aromatic heterocycles. The van der Waals surface area contributed by atoms with E-state index in [1.807, 2.05) is 30.3 Å². The molecule has 4 rings (SSSR count). The largest absolute Gasteiger partial charge is 0.334 e. The molecule has 2 aromatic rings. The van der Waals surface area contributed by atoms with Crippen LogP contribution in [-0.2, 0) is 16.1 Å². The zero-order valence-corrected chi connectivity index (χ0v) is 13.5. The number of carbonyl (C=O) groups excluding carboxylic acids is 3. The Balaban J connectivity index is 1.53.